The molecule has 1 amide bonds. The quantitative estimate of drug-likeness (QED) is 0.736. The minimum Gasteiger partial charge on any atom is -0.495 e. The van der Waals surface area contributed by atoms with Gasteiger partial charge in [0, 0.05) is 18.3 Å². The number of anilines is 1. The molecule has 0 bridgehead atoms. The molecule has 1 fully saturated rings. The van der Waals surface area contributed by atoms with Crippen molar-refractivity contribution in [3.8, 4) is 5.75 Å². The van der Waals surface area contributed by atoms with Crippen molar-refractivity contribution >= 4 is 27.6 Å². The Morgan fingerprint density at radius 3 is 2.58 bits per heavy atom. The molecule has 1 atom stereocenters. The van der Waals surface area contributed by atoms with Crippen LogP contribution in [0.25, 0.3) is 0 Å². The Bertz CT molecular complexity index is 1190. The van der Waals surface area contributed by atoms with Gasteiger partial charge in [-0.15, -0.1) is 0 Å². The number of aliphatic imine (C=N–C) groups is 1. The summed E-state index contributed by atoms with van der Waals surface area (Å²) >= 11 is 0. The fourth-order valence-electron chi connectivity index (χ4n) is 4.01. The first-order valence-electron chi connectivity index (χ1n) is 9.51. The highest BCUT2D eigenvalue weighted by molar-refractivity contribution is 7.91. The molecule has 9 nitrogen and oxygen atoms in total. The number of pyridine rings is 1. The fraction of sp³-hybridized carbons (Fsp3) is 0.350. The number of sulfonamides is 1. The maximum atomic E-state index is 14.9. The zero-order chi connectivity index (χ0) is 22.6. The molecule has 0 saturated heterocycles. The summed E-state index contributed by atoms with van der Waals surface area (Å²) in [6.45, 7) is 1.56. The van der Waals surface area contributed by atoms with Crippen LogP contribution in [0.4, 0.5) is 10.1 Å². The van der Waals surface area contributed by atoms with Gasteiger partial charge >= 0.3 is 0 Å². The first-order valence-corrected chi connectivity index (χ1v) is 10.9. The lowest BCUT2D eigenvalue weighted by atomic mass is 9.86. The summed E-state index contributed by atoms with van der Waals surface area (Å²) in [6.07, 6.45) is 2.07. The Balaban J connectivity index is 1.72. The number of aromatic nitrogens is 1. The highest BCUT2D eigenvalue weighted by atomic mass is 32.2. The van der Waals surface area contributed by atoms with Gasteiger partial charge in [-0.1, -0.05) is 0 Å². The van der Waals surface area contributed by atoms with Gasteiger partial charge < -0.3 is 15.8 Å². The van der Waals surface area contributed by atoms with Crippen molar-refractivity contribution in [2.24, 2.45) is 10.7 Å². The Morgan fingerprint density at radius 1 is 1.29 bits per heavy atom. The molecule has 2 aliphatic rings. The SMILES string of the molecule is COc1ccc(C(=O)Nc2ccc(F)c(C3(C)N=C(N)N(C)S(=O)(=O)C34CC4)c2)nc1. The monoisotopic (exact) mass is 447 g/mol. The van der Waals surface area contributed by atoms with Crippen molar-refractivity contribution in [2.75, 3.05) is 19.5 Å². The third-order valence-corrected chi connectivity index (χ3v) is 8.76. The summed E-state index contributed by atoms with van der Waals surface area (Å²) in [4.78, 5) is 21.0. The van der Waals surface area contributed by atoms with Crippen LogP contribution in [0, 0.1) is 5.82 Å². The molecule has 31 heavy (non-hydrogen) atoms. The van der Waals surface area contributed by atoms with Gasteiger partial charge in [0.1, 0.15) is 27.5 Å². The van der Waals surface area contributed by atoms with Gasteiger partial charge in [-0.3, -0.25) is 4.79 Å². The Hall–Kier alpha value is -3.21. The Morgan fingerprint density at radius 2 is 2.00 bits per heavy atom. The van der Waals surface area contributed by atoms with Crippen LogP contribution in [0.5, 0.6) is 5.75 Å². The zero-order valence-electron chi connectivity index (χ0n) is 17.2. The van der Waals surface area contributed by atoms with Crippen LogP contribution >= 0.6 is 0 Å². The summed E-state index contributed by atoms with van der Waals surface area (Å²) in [5.41, 5.74) is 4.90. The highest BCUT2D eigenvalue weighted by Gasteiger charge is 2.70. The van der Waals surface area contributed by atoms with E-state index in [1.807, 2.05) is 0 Å². The summed E-state index contributed by atoms with van der Waals surface area (Å²) in [5.74, 6) is -0.852. The summed E-state index contributed by atoms with van der Waals surface area (Å²) in [6, 6.07) is 7.04. The number of methoxy groups -OCH3 is 1. The lowest BCUT2D eigenvalue weighted by Crippen LogP contribution is -2.58. The van der Waals surface area contributed by atoms with E-state index in [9.17, 15) is 17.6 Å². The number of carbonyl (C=O) groups is 1. The van der Waals surface area contributed by atoms with Crippen LogP contribution in [-0.4, -0.2) is 48.5 Å². The molecular formula is C20H22FN5O4S. The first kappa shape index (κ1) is 21.0. The number of benzene rings is 1. The number of amides is 1. The average molecular weight is 447 g/mol. The Kier molecular flexibility index (Phi) is 4.69. The van der Waals surface area contributed by atoms with E-state index in [2.05, 4.69) is 15.3 Å². The molecule has 2 aromatic rings. The maximum absolute atomic E-state index is 14.9. The predicted molar refractivity (Wildman–Crippen MR) is 113 cm³/mol. The van der Waals surface area contributed by atoms with Gasteiger partial charge in [0.2, 0.25) is 16.0 Å². The number of halogens is 1. The van der Waals surface area contributed by atoms with Gasteiger partial charge in [-0.25, -0.2) is 27.1 Å². The molecule has 1 aromatic carbocycles. The van der Waals surface area contributed by atoms with Crippen LogP contribution < -0.4 is 15.8 Å². The average Bonchev–Trinajstić information content (AvgIpc) is 3.56. The van der Waals surface area contributed by atoms with Gasteiger partial charge in [-0.2, -0.15) is 0 Å². The summed E-state index contributed by atoms with van der Waals surface area (Å²) < 4.78 is 45.7. The second-order valence-corrected chi connectivity index (χ2v) is 10.0. The molecule has 1 spiro atoms. The molecule has 1 aromatic heterocycles. The highest BCUT2D eigenvalue weighted by Crippen LogP contribution is 2.60. The molecule has 1 saturated carbocycles. The van der Waals surface area contributed by atoms with Crippen LogP contribution in [0.2, 0.25) is 0 Å². The number of nitrogens with one attached hydrogen (secondary N) is 1. The van der Waals surface area contributed by atoms with E-state index in [-0.39, 0.29) is 22.9 Å². The van der Waals surface area contributed by atoms with Crippen molar-refractivity contribution in [1.82, 2.24) is 9.29 Å². The molecule has 164 valence electrons. The minimum absolute atomic E-state index is 0.0464. The number of carbonyl (C=O) groups excluding carboxylic acids is 1. The molecule has 0 radical (unpaired) electrons. The van der Waals surface area contributed by atoms with Crippen LogP contribution in [-0.2, 0) is 15.6 Å². The minimum atomic E-state index is -3.83. The number of rotatable bonds is 4. The molecule has 1 aliphatic heterocycles. The maximum Gasteiger partial charge on any atom is 0.274 e. The molecule has 1 unspecified atom stereocenters. The number of guanidine groups is 1. The van der Waals surface area contributed by atoms with Gasteiger partial charge in [0.05, 0.1) is 13.3 Å². The number of nitrogens with two attached hydrogens (primary N) is 1. The molecule has 3 N–H and O–H groups in total. The van der Waals surface area contributed by atoms with E-state index < -0.39 is 32.0 Å². The fourth-order valence-corrected chi connectivity index (χ4v) is 6.10. The third-order valence-electron chi connectivity index (χ3n) is 6.06. The van der Waals surface area contributed by atoms with Crippen molar-refractivity contribution in [3.05, 3.63) is 53.6 Å². The standard InChI is InChI=1S/C20H22FN5O4S/c1-19(20(8-9-20)31(28,29)26(2)18(22)25-19)14-10-12(4-6-15(14)21)24-17(27)16-7-5-13(30-3)11-23-16/h4-7,10-11H,8-9H2,1-3H3,(H2,22,25)(H,24,27). The lowest BCUT2D eigenvalue weighted by Gasteiger charge is -2.42. The van der Waals surface area contributed by atoms with Gasteiger partial charge in [0.15, 0.2) is 0 Å². The summed E-state index contributed by atoms with van der Waals surface area (Å²) in [5, 5.41) is 2.66. The van der Waals surface area contributed by atoms with Crippen LogP contribution in [0.15, 0.2) is 41.5 Å². The number of nitrogens with zero attached hydrogens (tertiary/aromatic N) is 3. The third kappa shape index (κ3) is 3.02. The predicted octanol–water partition coefficient (Wildman–Crippen LogP) is 1.82. The van der Waals surface area contributed by atoms with E-state index in [4.69, 9.17) is 10.5 Å². The second-order valence-electron chi connectivity index (χ2n) is 7.74. The molecule has 4 rings (SSSR count). The van der Waals surface area contributed by atoms with Gasteiger partial charge in [0.25, 0.3) is 5.91 Å². The first-order chi connectivity index (χ1) is 14.6. The lowest BCUT2D eigenvalue weighted by molar-refractivity contribution is 0.102. The van der Waals surface area contributed by atoms with Crippen molar-refractivity contribution in [3.63, 3.8) is 0 Å². The van der Waals surface area contributed by atoms with Crippen molar-refractivity contribution in [2.45, 2.75) is 30.1 Å². The van der Waals surface area contributed by atoms with E-state index in [0.29, 0.717) is 18.6 Å². The number of ether oxygens (including phenoxy) is 1. The Labute approximate surface area is 179 Å². The van der Waals surface area contributed by atoms with E-state index >= 15 is 0 Å². The summed E-state index contributed by atoms with van der Waals surface area (Å²) in [7, 11) is -1.01. The number of hydrogen-bond donors (Lipinski definition) is 2. The topological polar surface area (TPSA) is 127 Å². The van der Waals surface area contributed by atoms with Crippen LogP contribution in [0.1, 0.15) is 35.8 Å². The van der Waals surface area contributed by atoms with Crippen molar-refractivity contribution in [1.29, 1.82) is 0 Å². The van der Waals surface area contributed by atoms with E-state index in [0.717, 1.165) is 4.31 Å². The normalized spacial score (nSPS) is 23.2. The smallest absolute Gasteiger partial charge is 0.274 e. The zero-order valence-corrected chi connectivity index (χ0v) is 18.0. The molecule has 1 aliphatic carbocycles. The largest absolute Gasteiger partial charge is 0.495 e. The van der Waals surface area contributed by atoms with Crippen LogP contribution in [0.3, 0.4) is 0 Å². The van der Waals surface area contributed by atoms with Gasteiger partial charge in [-0.05, 0) is 50.1 Å². The molecule has 11 heteroatoms. The van der Waals surface area contributed by atoms with Crippen molar-refractivity contribution < 1.29 is 22.3 Å². The number of hydrogen-bond acceptors (Lipinski definition) is 7. The van der Waals surface area contributed by atoms with E-state index in [1.165, 1.54) is 44.6 Å². The molecule has 2 heterocycles. The molecular weight excluding hydrogens is 425 g/mol. The second kappa shape index (κ2) is 6.91. The van der Waals surface area contributed by atoms with E-state index in [1.54, 1.807) is 13.0 Å².